The maximum atomic E-state index is 13.3. The largest absolute Gasteiger partial charge is 0.406 e. The van der Waals surface area contributed by atoms with E-state index in [9.17, 15) is 13.2 Å². The molecule has 1 nitrogen and oxygen atoms in total. The fraction of sp³-hybridized carbons (Fsp3) is 1.00. The van der Waals surface area contributed by atoms with Crippen LogP contribution in [-0.4, -0.2) is 18.3 Å². The molecule has 108 valence electrons. The van der Waals surface area contributed by atoms with Crippen LogP contribution < -0.4 is 5.32 Å². The number of hydrogen-bond acceptors (Lipinski definition) is 1. The van der Waals surface area contributed by atoms with Crippen molar-refractivity contribution in [1.82, 2.24) is 5.32 Å². The van der Waals surface area contributed by atoms with Crippen LogP contribution in [0.15, 0.2) is 0 Å². The zero-order chi connectivity index (χ0) is 14.0. The summed E-state index contributed by atoms with van der Waals surface area (Å²) in [5, 5.41) is 2.72. The molecule has 1 aliphatic carbocycles. The summed E-state index contributed by atoms with van der Waals surface area (Å²) < 4.78 is 40.0. The third-order valence-electron chi connectivity index (χ3n) is 4.36. The van der Waals surface area contributed by atoms with Crippen LogP contribution in [0.25, 0.3) is 0 Å². The van der Waals surface area contributed by atoms with Gasteiger partial charge in [0.05, 0.1) is 0 Å². The smallest absolute Gasteiger partial charge is 0.304 e. The van der Waals surface area contributed by atoms with Gasteiger partial charge in [0.2, 0.25) is 0 Å². The zero-order valence-electron chi connectivity index (χ0n) is 12.0. The summed E-state index contributed by atoms with van der Waals surface area (Å²) >= 11 is 0. The van der Waals surface area contributed by atoms with Crippen LogP contribution in [0, 0.1) is 11.3 Å². The molecule has 1 saturated carbocycles. The molecule has 2 unspecified atom stereocenters. The molecule has 0 aliphatic heterocycles. The minimum atomic E-state index is -4.14. The first-order chi connectivity index (χ1) is 8.12. The standard InChI is InChI=1S/C14H26F3N/c1-5-18-13(14(15,16)17)9-6-7-11(8-10-13)12(2,3)4/h11,18H,5-10H2,1-4H3. The van der Waals surface area contributed by atoms with Crippen molar-refractivity contribution >= 4 is 0 Å². The SMILES string of the molecule is CCNC1(C(F)(F)F)CCCC(C(C)(C)C)CC1. The fourth-order valence-electron chi connectivity index (χ4n) is 3.11. The minimum Gasteiger partial charge on any atom is -0.304 e. The maximum absolute atomic E-state index is 13.3. The van der Waals surface area contributed by atoms with E-state index < -0.39 is 11.7 Å². The first-order valence-corrected chi connectivity index (χ1v) is 6.94. The second-order valence-corrected chi connectivity index (χ2v) is 6.60. The first kappa shape index (κ1) is 15.8. The van der Waals surface area contributed by atoms with Crippen molar-refractivity contribution in [2.24, 2.45) is 11.3 Å². The summed E-state index contributed by atoms with van der Waals surface area (Å²) in [4.78, 5) is 0. The monoisotopic (exact) mass is 265 g/mol. The van der Waals surface area contributed by atoms with Gasteiger partial charge >= 0.3 is 6.18 Å². The van der Waals surface area contributed by atoms with Gasteiger partial charge in [0.1, 0.15) is 5.54 Å². The van der Waals surface area contributed by atoms with Gasteiger partial charge < -0.3 is 5.32 Å². The number of hydrogen-bond donors (Lipinski definition) is 1. The molecule has 0 radical (unpaired) electrons. The predicted octanol–water partition coefficient (Wildman–Crippen LogP) is 4.52. The highest BCUT2D eigenvalue weighted by atomic mass is 19.4. The van der Waals surface area contributed by atoms with Crippen molar-refractivity contribution in [3.63, 3.8) is 0 Å². The number of nitrogens with one attached hydrogen (secondary N) is 1. The second kappa shape index (κ2) is 5.40. The second-order valence-electron chi connectivity index (χ2n) is 6.60. The molecule has 2 atom stereocenters. The molecule has 0 aromatic heterocycles. The van der Waals surface area contributed by atoms with E-state index in [1.165, 1.54) is 0 Å². The van der Waals surface area contributed by atoms with Crippen molar-refractivity contribution in [1.29, 1.82) is 0 Å². The van der Waals surface area contributed by atoms with Gasteiger partial charge in [-0.2, -0.15) is 13.2 Å². The first-order valence-electron chi connectivity index (χ1n) is 6.94. The zero-order valence-corrected chi connectivity index (χ0v) is 12.0. The van der Waals surface area contributed by atoms with E-state index in [0.29, 0.717) is 25.3 Å². The lowest BCUT2D eigenvalue weighted by atomic mass is 9.76. The molecule has 0 amide bonds. The van der Waals surface area contributed by atoms with Crippen molar-refractivity contribution in [3.8, 4) is 0 Å². The Bertz CT molecular complexity index is 267. The lowest BCUT2D eigenvalue weighted by Gasteiger charge is -2.36. The molecule has 0 saturated heterocycles. The van der Waals surface area contributed by atoms with Crippen molar-refractivity contribution in [3.05, 3.63) is 0 Å². The molecule has 1 fully saturated rings. The molecule has 1 N–H and O–H groups in total. The Morgan fingerprint density at radius 1 is 1.11 bits per heavy atom. The Kier molecular flexibility index (Phi) is 4.74. The van der Waals surface area contributed by atoms with Crippen molar-refractivity contribution in [2.75, 3.05) is 6.54 Å². The molecule has 0 spiro atoms. The average Bonchev–Trinajstić information content (AvgIpc) is 2.39. The summed E-state index contributed by atoms with van der Waals surface area (Å²) in [6.45, 7) is 8.52. The van der Waals surface area contributed by atoms with Gasteiger partial charge in [-0.1, -0.05) is 34.1 Å². The van der Waals surface area contributed by atoms with Gasteiger partial charge in [0.15, 0.2) is 0 Å². The summed E-state index contributed by atoms with van der Waals surface area (Å²) in [6.07, 6.45) is -1.48. The molecule has 0 aromatic rings. The highest BCUT2D eigenvalue weighted by Crippen LogP contribution is 2.45. The van der Waals surface area contributed by atoms with Gasteiger partial charge in [0, 0.05) is 0 Å². The van der Waals surface area contributed by atoms with Crippen LogP contribution in [0.4, 0.5) is 13.2 Å². The normalized spacial score (nSPS) is 31.2. The number of halogens is 3. The van der Waals surface area contributed by atoms with E-state index in [0.717, 1.165) is 6.42 Å². The summed E-state index contributed by atoms with van der Waals surface area (Å²) in [5.41, 5.74) is -1.55. The van der Waals surface area contributed by atoms with Gasteiger partial charge in [-0.25, -0.2) is 0 Å². The van der Waals surface area contributed by atoms with Crippen LogP contribution in [-0.2, 0) is 0 Å². The van der Waals surface area contributed by atoms with Crippen LogP contribution >= 0.6 is 0 Å². The summed E-state index contributed by atoms with van der Waals surface area (Å²) in [7, 11) is 0. The van der Waals surface area contributed by atoms with E-state index in [-0.39, 0.29) is 18.3 Å². The average molecular weight is 265 g/mol. The topological polar surface area (TPSA) is 12.0 Å². The van der Waals surface area contributed by atoms with Crippen LogP contribution in [0.3, 0.4) is 0 Å². The van der Waals surface area contributed by atoms with E-state index >= 15 is 0 Å². The maximum Gasteiger partial charge on any atom is 0.406 e. The molecular formula is C14H26F3N. The van der Waals surface area contributed by atoms with E-state index in [1.54, 1.807) is 6.92 Å². The molecule has 0 aromatic carbocycles. The van der Waals surface area contributed by atoms with E-state index in [4.69, 9.17) is 0 Å². The van der Waals surface area contributed by atoms with Crippen LogP contribution in [0.1, 0.15) is 59.8 Å². The van der Waals surface area contributed by atoms with Gasteiger partial charge in [-0.3, -0.25) is 0 Å². The van der Waals surface area contributed by atoms with Crippen molar-refractivity contribution < 1.29 is 13.2 Å². The summed E-state index contributed by atoms with van der Waals surface area (Å²) in [5.74, 6) is 0.389. The highest BCUT2D eigenvalue weighted by molar-refractivity contribution is 4.98. The molecule has 0 bridgehead atoms. The Hall–Kier alpha value is -0.250. The molecule has 1 aliphatic rings. The molecule has 18 heavy (non-hydrogen) atoms. The highest BCUT2D eigenvalue weighted by Gasteiger charge is 2.54. The number of rotatable bonds is 2. The molecule has 0 heterocycles. The van der Waals surface area contributed by atoms with Crippen LogP contribution in [0.5, 0.6) is 0 Å². The number of alkyl halides is 3. The predicted molar refractivity (Wildman–Crippen MR) is 68.5 cm³/mol. The Morgan fingerprint density at radius 3 is 2.17 bits per heavy atom. The Labute approximate surface area is 109 Å². The summed E-state index contributed by atoms with van der Waals surface area (Å²) in [6, 6.07) is 0. The van der Waals surface area contributed by atoms with Crippen LogP contribution in [0.2, 0.25) is 0 Å². The molecule has 4 heteroatoms. The van der Waals surface area contributed by atoms with E-state index in [1.807, 2.05) is 0 Å². The van der Waals surface area contributed by atoms with Gasteiger partial charge in [-0.15, -0.1) is 0 Å². The third-order valence-corrected chi connectivity index (χ3v) is 4.36. The van der Waals surface area contributed by atoms with Gasteiger partial charge in [0.25, 0.3) is 0 Å². The lowest BCUT2D eigenvalue weighted by Crippen LogP contribution is -2.56. The fourth-order valence-corrected chi connectivity index (χ4v) is 3.11. The van der Waals surface area contributed by atoms with Crippen molar-refractivity contribution in [2.45, 2.75) is 71.5 Å². The Balaban J connectivity index is 2.85. The van der Waals surface area contributed by atoms with E-state index in [2.05, 4.69) is 26.1 Å². The molecule has 1 rings (SSSR count). The molecular weight excluding hydrogens is 239 g/mol. The van der Waals surface area contributed by atoms with Gasteiger partial charge in [-0.05, 0) is 43.6 Å². The third kappa shape index (κ3) is 3.40. The lowest BCUT2D eigenvalue weighted by molar-refractivity contribution is -0.200. The Morgan fingerprint density at radius 2 is 1.72 bits per heavy atom. The quantitative estimate of drug-likeness (QED) is 0.724. The minimum absolute atomic E-state index is 0.105.